The number of aliphatic hydroxyl groups is 1. The molecule has 2 aromatic carbocycles. The van der Waals surface area contributed by atoms with Crippen LogP contribution in [0.5, 0.6) is 0 Å². The number of fused-ring (bicyclic) bond motifs is 1. The minimum Gasteiger partial charge on any atom is -0.390 e. The fourth-order valence-electron chi connectivity index (χ4n) is 4.51. The van der Waals surface area contributed by atoms with Crippen molar-refractivity contribution < 1.29 is 5.11 Å². The molecule has 0 aliphatic heterocycles. The molecule has 34 heavy (non-hydrogen) atoms. The van der Waals surface area contributed by atoms with E-state index in [2.05, 4.69) is 91.0 Å². The van der Waals surface area contributed by atoms with Crippen molar-refractivity contribution in [3.8, 4) is 0 Å². The Hall–Kier alpha value is -2.12. The topological polar surface area (TPSA) is 20.2 Å². The van der Waals surface area contributed by atoms with Gasteiger partial charge >= 0.3 is 0 Å². The van der Waals surface area contributed by atoms with E-state index < -0.39 is 5.60 Å². The Kier molecular flexibility index (Phi) is 10.8. The predicted molar refractivity (Wildman–Crippen MR) is 152 cm³/mol. The van der Waals surface area contributed by atoms with Crippen molar-refractivity contribution in [1.29, 1.82) is 0 Å². The molecule has 0 heterocycles. The Morgan fingerprint density at radius 2 is 1.21 bits per heavy atom. The van der Waals surface area contributed by atoms with Gasteiger partial charge in [-0.15, -0.1) is 0 Å². The van der Waals surface area contributed by atoms with Crippen LogP contribution in [-0.2, 0) is 6.42 Å². The zero-order valence-electron chi connectivity index (χ0n) is 23.1. The van der Waals surface area contributed by atoms with Gasteiger partial charge in [-0.2, -0.15) is 0 Å². The van der Waals surface area contributed by atoms with Gasteiger partial charge in [0.25, 0.3) is 0 Å². The summed E-state index contributed by atoms with van der Waals surface area (Å²) >= 11 is 0. The lowest BCUT2D eigenvalue weighted by Crippen LogP contribution is -2.24. The molecule has 1 atom stereocenters. The fraction of sp³-hybridized carbons (Fsp3) is 0.515. The van der Waals surface area contributed by atoms with Crippen LogP contribution in [0.2, 0.25) is 0 Å². The zero-order valence-corrected chi connectivity index (χ0v) is 23.1. The van der Waals surface area contributed by atoms with Crippen LogP contribution in [0.15, 0.2) is 59.2 Å². The lowest BCUT2D eigenvalue weighted by atomic mass is 9.89. The summed E-state index contributed by atoms with van der Waals surface area (Å²) in [5.41, 5.74) is 9.05. The van der Waals surface area contributed by atoms with E-state index in [1.807, 2.05) is 6.92 Å². The van der Waals surface area contributed by atoms with E-state index in [0.717, 1.165) is 51.4 Å². The molecule has 0 saturated heterocycles. The summed E-state index contributed by atoms with van der Waals surface area (Å²) in [5, 5.41) is 13.6. The maximum atomic E-state index is 11.0. The predicted octanol–water partition coefficient (Wildman–Crippen LogP) is 9.65. The van der Waals surface area contributed by atoms with E-state index in [-0.39, 0.29) is 0 Å². The number of allylic oxidation sites excluding steroid dienone is 6. The molecular formula is C33H48O. The second-order valence-electron chi connectivity index (χ2n) is 11.1. The number of hydrogen-bond donors (Lipinski definition) is 1. The summed E-state index contributed by atoms with van der Waals surface area (Å²) in [7, 11) is 0. The Morgan fingerprint density at radius 1 is 0.706 bits per heavy atom. The van der Waals surface area contributed by atoms with E-state index in [4.69, 9.17) is 0 Å². The van der Waals surface area contributed by atoms with Crippen LogP contribution in [-0.4, -0.2) is 10.7 Å². The molecule has 0 fully saturated rings. The van der Waals surface area contributed by atoms with Crippen LogP contribution in [0.3, 0.4) is 0 Å². The molecule has 0 aliphatic rings. The molecule has 0 spiro atoms. The van der Waals surface area contributed by atoms with Gasteiger partial charge in [0, 0.05) is 0 Å². The van der Waals surface area contributed by atoms with E-state index in [0.29, 0.717) is 0 Å². The summed E-state index contributed by atoms with van der Waals surface area (Å²) in [4.78, 5) is 0. The van der Waals surface area contributed by atoms with Crippen LogP contribution in [0.1, 0.15) is 102 Å². The Balaban J connectivity index is 1.83. The minimum absolute atomic E-state index is 0.636. The number of aryl methyl sites for hydroxylation is 4. The standard InChI is InChI=1S/C33H48O/c1-24(2)12-9-13-25(3)14-10-15-26(4)16-11-18-33(8,34)19-17-30-23-32-21-28(6)27(5)20-31(32)22-29(30)7/h12,14,16,20-23,34H,9-11,13,15,17-19H2,1-8H3. The summed E-state index contributed by atoms with van der Waals surface area (Å²) in [6.07, 6.45) is 15.0. The van der Waals surface area contributed by atoms with Gasteiger partial charge in [-0.3, -0.25) is 0 Å². The van der Waals surface area contributed by atoms with Gasteiger partial charge in [0.05, 0.1) is 5.60 Å². The van der Waals surface area contributed by atoms with Crippen molar-refractivity contribution in [2.45, 2.75) is 112 Å². The summed E-state index contributed by atoms with van der Waals surface area (Å²) in [5.74, 6) is 0. The van der Waals surface area contributed by atoms with E-state index in [1.165, 1.54) is 49.7 Å². The van der Waals surface area contributed by atoms with Gasteiger partial charge in [0.2, 0.25) is 0 Å². The first kappa shape index (κ1) is 28.1. The summed E-state index contributed by atoms with van der Waals surface area (Å²) < 4.78 is 0. The molecule has 1 unspecified atom stereocenters. The van der Waals surface area contributed by atoms with Crippen molar-refractivity contribution in [1.82, 2.24) is 0 Å². The van der Waals surface area contributed by atoms with Crippen molar-refractivity contribution >= 4 is 10.8 Å². The largest absolute Gasteiger partial charge is 0.390 e. The smallest absolute Gasteiger partial charge is 0.0625 e. The molecule has 1 heteroatoms. The molecule has 186 valence electrons. The van der Waals surface area contributed by atoms with Crippen molar-refractivity contribution in [3.05, 3.63) is 81.5 Å². The van der Waals surface area contributed by atoms with Gasteiger partial charge < -0.3 is 5.11 Å². The second kappa shape index (κ2) is 13.1. The Bertz CT molecular complexity index is 1040. The SMILES string of the molecule is CC(C)=CCCC(C)=CCCC(C)=CCCC(C)(O)CCc1cc2cc(C)c(C)cc2cc1C. The first-order valence-electron chi connectivity index (χ1n) is 13.1. The summed E-state index contributed by atoms with van der Waals surface area (Å²) in [6.45, 7) is 17.3. The highest BCUT2D eigenvalue weighted by molar-refractivity contribution is 5.85. The Morgan fingerprint density at radius 3 is 1.79 bits per heavy atom. The lowest BCUT2D eigenvalue weighted by molar-refractivity contribution is 0.0432. The first-order chi connectivity index (χ1) is 16.0. The van der Waals surface area contributed by atoms with Crippen LogP contribution < -0.4 is 0 Å². The van der Waals surface area contributed by atoms with E-state index in [9.17, 15) is 5.11 Å². The normalized spacial score (nSPS) is 14.4. The monoisotopic (exact) mass is 460 g/mol. The van der Waals surface area contributed by atoms with E-state index in [1.54, 1.807) is 0 Å². The van der Waals surface area contributed by atoms with Crippen molar-refractivity contribution in [3.63, 3.8) is 0 Å². The average Bonchev–Trinajstić information content (AvgIpc) is 2.73. The average molecular weight is 461 g/mol. The van der Waals surface area contributed by atoms with Gasteiger partial charge in [-0.25, -0.2) is 0 Å². The molecular weight excluding hydrogens is 412 g/mol. The molecule has 2 rings (SSSR count). The molecule has 0 aliphatic carbocycles. The molecule has 0 aromatic heterocycles. The molecule has 1 N–H and O–H groups in total. The number of rotatable bonds is 12. The molecule has 0 saturated carbocycles. The lowest BCUT2D eigenvalue weighted by Gasteiger charge is -2.23. The van der Waals surface area contributed by atoms with Crippen LogP contribution in [0, 0.1) is 20.8 Å². The van der Waals surface area contributed by atoms with Crippen molar-refractivity contribution in [2.75, 3.05) is 0 Å². The van der Waals surface area contributed by atoms with Crippen LogP contribution >= 0.6 is 0 Å². The van der Waals surface area contributed by atoms with Gasteiger partial charge in [-0.05, 0) is 140 Å². The number of benzene rings is 2. The zero-order chi connectivity index (χ0) is 25.3. The summed E-state index contributed by atoms with van der Waals surface area (Å²) in [6, 6.07) is 9.20. The highest BCUT2D eigenvalue weighted by atomic mass is 16.3. The first-order valence-corrected chi connectivity index (χ1v) is 13.1. The third-order valence-electron chi connectivity index (χ3n) is 7.14. The number of hydrogen-bond acceptors (Lipinski definition) is 1. The van der Waals surface area contributed by atoms with Gasteiger partial charge in [0.1, 0.15) is 0 Å². The highest BCUT2D eigenvalue weighted by Crippen LogP contribution is 2.27. The third-order valence-corrected chi connectivity index (χ3v) is 7.14. The van der Waals surface area contributed by atoms with Crippen molar-refractivity contribution in [2.24, 2.45) is 0 Å². The second-order valence-corrected chi connectivity index (χ2v) is 11.1. The van der Waals surface area contributed by atoms with Gasteiger partial charge in [-0.1, -0.05) is 59.2 Å². The highest BCUT2D eigenvalue weighted by Gasteiger charge is 2.19. The van der Waals surface area contributed by atoms with Crippen LogP contribution in [0.4, 0.5) is 0 Å². The van der Waals surface area contributed by atoms with Gasteiger partial charge in [0.15, 0.2) is 0 Å². The maximum absolute atomic E-state index is 11.0. The molecule has 1 nitrogen and oxygen atoms in total. The molecule has 0 bridgehead atoms. The third kappa shape index (κ3) is 9.63. The molecule has 0 amide bonds. The van der Waals surface area contributed by atoms with Crippen LogP contribution in [0.25, 0.3) is 10.8 Å². The molecule has 2 aromatic rings. The quantitative estimate of drug-likeness (QED) is 0.312. The maximum Gasteiger partial charge on any atom is 0.0625 e. The Labute approximate surface area is 209 Å². The van der Waals surface area contributed by atoms with E-state index >= 15 is 0 Å². The molecule has 0 radical (unpaired) electrons. The minimum atomic E-state index is -0.636. The fourth-order valence-corrected chi connectivity index (χ4v) is 4.51.